The average molecular weight is 755 g/mol. The molecule has 2 unspecified atom stereocenters. The van der Waals surface area contributed by atoms with Crippen LogP contribution in [0, 0.1) is 11.8 Å². The van der Waals surface area contributed by atoms with Gasteiger partial charge in [-0.1, -0.05) is 154 Å². The molecule has 0 radical (unpaired) electrons. The third-order valence-corrected chi connectivity index (χ3v) is 9.96. The van der Waals surface area contributed by atoms with Crippen LogP contribution in [0.1, 0.15) is 221 Å². The maximum Gasteiger partial charge on any atom is 0.509 e. The fraction of sp³-hybridized carbons (Fsp3) is 0.776. The summed E-state index contributed by atoms with van der Waals surface area (Å²) in [5.41, 5.74) is 0. The van der Waals surface area contributed by atoms with Gasteiger partial charge in [0.05, 0.1) is 0 Å². The lowest BCUT2D eigenvalue weighted by Crippen LogP contribution is -2.33. The van der Waals surface area contributed by atoms with E-state index in [2.05, 4.69) is 90.2 Å². The predicted molar refractivity (Wildman–Crippen MR) is 232 cm³/mol. The molecule has 0 saturated heterocycles. The number of carbonyl (C=O) groups excluding carboxylic acids is 3. The highest BCUT2D eigenvalue weighted by molar-refractivity contribution is 5.86. The lowest BCUT2D eigenvalue weighted by molar-refractivity contribution is -0.133. The normalized spacial score (nSPS) is 13.3. The number of ether oxygens (including phenoxy) is 2. The average Bonchev–Trinajstić information content (AvgIpc) is 3.14. The minimum atomic E-state index is -0.876. The molecule has 0 aliphatic heterocycles. The van der Waals surface area contributed by atoms with E-state index in [9.17, 15) is 14.4 Å². The van der Waals surface area contributed by atoms with Crippen molar-refractivity contribution in [3.63, 3.8) is 0 Å². The highest BCUT2D eigenvalue weighted by Crippen LogP contribution is 2.19. The van der Waals surface area contributed by atoms with Gasteiger partial charge in [-0.2, -0.15) is 0 Å². The minimum Gasteiger partial charge on any atom is -0.423 e. The van der Waals surface area contributed by atoms with Crippen LogP contribution in [-0.2, 0) is 19.1 Å². The molecule has 0 rings (SSSR count). The number of hydrogen-bond donors (Lipinski definition) is 0. The van der Waals surface area contributed by atoms with Gasteiger partial charge in [0.15, 0.2) is 23.8 Å². The molecule has 0 spiro atoms. The van der Waals surface area contributed by atoms with Gasteiger partial charge < -0.3 is 9.47 Å². The first kappa shape index (κ1) is 51.6. The molecule has 0 aromatic carbocycles. The Morgan fingerprint density at radius 2 is 0.722 bits per heavy atom. The largest absolute Gasteiger partial charge is 0.509 e. The van der Waals surface area contributed by atoms with Crippen LogP contribution >= 0.6 is 0 Å². The molecule has 54 heavy (non-hydrogen) atoms. The molecule has 5 nitrogen and oxygen atoms in total. The molecule has 0 aliphatic carbocycles. The minimum absolute atomic E-state index is 0.0338. The van der Waals surface area contributed by atoms with E-state index in [0.717, 1.165) is 89.9 Å². The fourth-order valence-electron chi connectivity index (χ4n) is 6.34. The highest BCUT2D eigenvalue weighted by atomic mass is 16.7. The van der Waals surface area contributed by atoms with E-state index in [1.165, 1.54) is 64.2 Å². The van der Waals surface area contributed by atoms with Crippen LogP contribution in [0.5, 0.6) is 0 Å². The van der Waals surface area contributed by atoms with Crippen molar-refractivity contribution in [1.29, 1.82) is 0 Å². The molecular weight excluding hydrogens is 669 g/mol. The van der Waals surface area contributed by atoms with Crippen molar-refractivity contribution in [3.05, 3.63) is 48.6 Å². The summed E-state index contributed by atoms with van der Waals surface area (Å²) in [6, 6.07) is 0. The predicted octanol–water partition coefficient (Wildman–Crippen LogP) is 15.5. The monoisotopic (exact) mass is 755 g/mol. The Hall–Kier alpha value is -2.43. The zero-order valence-electron chi connectivity index (χ0n) is 36.3. The fourth-order valence-corrected chi connectivity index (χ4v) is 6.34. The third kappa shape index (κ3) is 35.3. The number of Topliss-reactive ketones (excluding diaryl/α,β-unsaturated/α-hetero) is 2. The summed E-state index contributed by atoms with van der Waals surface area (Å²) in [4.78, 5) is 39.4. The van der Waals surface area contributed by atoms with Crippen LogP contribution in [-0.4, -0.2) is 29.9 Å². The third-order valence-electron chi connectivity index (χ3n) is 9.96. The summed E-state index contributed by atoms with van der Waals surface area (Å²) < 4.78 is 11.3. The quantitative estimate of drug-likeness (QED) is 0.0357. The number of hydrogen-bond acceptors (Lipinski definition) is 5. The number of rotatable bonds is 38. The van der Waals surface area contributed by atoms with Gasteiger partial charge in [0.25, 0.3) is 0 Å². The Bertz CT molecular complexity index is 926. The molecule has 0 aromatic heterocycles. The topological polar surface area (TPSA) is 69.7 Å². The van der Waals surface area contributed by atoms with Gasteiger partial charge in [0.2, 0.25) is 0 Å². The molecule has 0 aromatic rings. The van der Waals surface area contributed by atoms with Gasteiger partial charge in [0.1, 0.15) is 0 Å². The summed E-state index contributed by atoms with van der Waals surface area (Å²) in [6.07, 6.45) is 43.9. The van der Waals surface area contributed by atoms with E-state index in [4.69, 9.17) is 9.47 Å². The molecule has 0 aliphatic rings. The first-order valence-electron chi connectivity index (χ1n) is 22.7. The second-order valence-electron chi connectivity index (χ2n) is 16.3. The van der Waals surface area contributed by atoms with Gasteiger partial charge in [-0.25, -0.2) is 4.79 Å². The molecule has 0 N–H and O–H groups in total. The summed E-state index contributed by atoms with van der Waals surface area (Å²) in [5.74, 6) is 0.710. The smallest absolute Gasteiger partial charge is 0.423 e. The Morgan fingerprint density at radius 3 is 1.06 bits per heavy atom. The Morgan fingerprint density at radius 1 is 0.407 bits per heavy atom. The van der Waals surface area contributed by atoms with Gasteiger partial charge >= 0.3 is 6.16 Å². The van der Waals surface area contributed by atoms with Crippen molar-refractivity contribution in [2.75, 3.05) is 0 Å². The Labute approximate surface area is 334 Å². The SMILES string of the molecule is CCCCC/C=C\C/C=C\CCCCCCCC(=O)C(CCC(C)C)OC(=O)OC(CCC(C)C)C(=O)CCCCCCC/C=C\C/C=C\CCCCC. The summed E-state index contributed by atoms with van der Waals surface area (Å²) >= 11 is 0. The van der Waals surface area contributed by atoms with Gasteiger partial charge in [-0.05, 0) is 115 Å². The van der Waals surface area contributed by atoms with E-state index in [-0.39, 0.29) is 11.6 Å². The standard InChI is InChI=1S/C49H86O5/c1-7-9-11-13-15-17-19-21-23-25-27-29-31-33-35-37-45(50)47(41-39-43(3)4)53-49(52)54-48(42-40-44(5)6)46(51)38-36-34-32-30-28-26-24-22-20-18-16-14-12-10-8-2/h15-18,21-24,43-44,47-48H,7-14,19-20,25-42H2,1-6H3/b17-15-,18-16-,23-21-,24-22-. The van der Waals surface area contributed by atoms with E-state index in [1.807, 2.05) is 0 Å². The van der Waals surface area contributed by atoms with Gasteiger partial charge in [-0.15, -0.1) is 0 Å². The molecule has 0 saturated carbocycles. The first-order valence-corrected chi connectivity index (χ1v) is 22.7. The lowest BCUT2D eigenvalue weighted by atomic mass is 9.99. The van der Waals surface area contributed by atoms with Crippen LogP contribution in [0.15, 0.2) is 48.6 Å². The molecule has 2 atom stereocenters. The Balaban J connectivity index is 4.56. The van der Waals surface area contributed by atoms with Crippen LogP contribution in [0.4, 0.5) is 4.79 Å². The second-order valence-corrected chi connectivity index (χ2v) is 16.3. The molecular formula is C49H86O5. The van der Waals surface area contributed by atoms with E-state index in [0.29, 0.717) is 37.5 Å². The maximum atomic E-state index is 13.2. The van der Waals surface area contributed by atoms with E-state index in [1.54, 1.807) is 0 Å². The van der Waals surface area contributed by atoms with Crippen LogP contribution in [0.25, 0.3) is 0 Å². The molecule has 0 heterocycles. The molecule has 5 heteroatoms. The van der Waals surface area contributed by atoms with Crippen molar-refractivity contribution in [3.8, 4) is 0 Å². The number of unbranched alkanes of at least 4 members (excludes halogenated alkanes) is 16. The highest BCUT2D eigenvalue weighted by Gasteiger charge is 2.28. The zero-order valence-corrected chi connectivity index (χ0v) is 36.3. The number of allylic oxidation sites excluding steroid dienone is 8. The van der Waals surface area contributed by atoms with E-state index >= 15 is 0 Å². The number of carbonyl (C=O) groups is 3. The van der Waals surface area contributed by atoms with Crippen molar-refractivity contribution in [2.45, 2.75) is 234 Å². The summed E-state index contributed by atoms with van der Waals surface area (Å²) in [7, 11) is 0. The summed E-state index contributed by atoms with van der Waals surface area (Å²) in [5, 5.41) is 0. The molecule has 0 amide bonds. The molecule has 312 valence electrons. The van der Waals surface area contributed by atoms with Gasteiger partial charge in [0, 0.05) is 12.8 Å². The lowest BCUT2D eigenvalue weighted by Gasteiger charge is -2.21. The van der Waals surface area contributed by atoms with Crippen LogP contribution in [0.2, 0.25) is 0 Å². The second kappa shape index (κ2) is 38.8. The zero-order chi connectivity index (χ0) is 39.9. The molecule has 0 bridgehead atoms. The van der Waals surface area contributed by atoms with Crippen LogP contribution < -0.4 is 0 Å². The van der Waals surface area contributed by atoms with Crippen molar-refractivity contribution >= 4 is 17.7 Å². The Kier molecular flexibility index (Phi) is 37.1. The van der Waals surface area contributed by atoms with Crippen molar-refractivity contribution < 1.29 is 23.9 Å². The van der Waals surface area contributed by atoms with Crippen LogP contribution in [0.3, 0.4) is 0 Å². The molecule has 0 fully saturated rings. The van der Waals surface area contributed by atoms with Crippen molar-refractivity contribution in [1.82, 2.24) is 0 Å². The van der Waals surface area contributed by atoms with Gasteiger partial charge in [-0.3, -0.25) is 9.59 Å². The van der Waals surface area contributed by atoms with Crippen molar-refractivity contribution in [2.24, 2.45) is 11.8 Å². The number of ketones is 2. The first-order chi connectivity index (χ1) is 26.2. The maximum absolute atomic E-state index is 13.2. The van der Waals surface area contributed by atoms with E-state index < -0.39 is 18.4 Å². The summed E-state index contributed by atoms with van der Waals surface area (Å²) in [6.45, 7) is 12.9.